The van der Waals surface area contributed by atoms with Crippen molar-refractivity contribution in [2.75, 3.05) is 12.8 Å². The highest BCUT2D eigenvalue weighted by atomic mass is 127. The fourth-order valence-corrected chi connectivity index (χ4v) is 1.60. The Morgan fingerprint density at radius 2 is 2.00 bits per heavy atom. The van der Waals surface area contributed by atoms with Gasteiger partial charge in [-0.05, 0) is 34.7 Å². The second-order valence-corrected chi connectivity index (χ2v) is 4.00. The number of nitrogens with two attached hydrogens (primary N) is 1. The topological polar surface area (TPSA) is 52.3 Å². The second-order valence-electron chi connectivity index (χ2n) is 2.92. The maximum Gasteiger partial charge on any atom is 0.416 e. The van der Waals surface area contributed by atoms with E-state index >= 15 is 0 Å². The van der Waals surface area contributed by atoms with E-state index in [-0.39, 0.29) is 14.8 Å². The minimum absolute atomic E-state index is 0.101. The van der Waals surface area contributed by atoms with Crippen LogP contribution in [0.25, 0.3) is 0 Å². The predicted octanol–water partition coefficient (Wildman–Crippen LogP) is 2.68. The van der Waals surface area contributed by atoms with Crippen molar-refractivity contribution in [1.82, 2.24) is 0 Å². The first-order chi connectivity index (χ1) is 7.27. The molecule has 0 aliphatic rings. The summed E-state index contributed by atoms with van der Waals surface area (Å²) in [6.07, 6.45) is -4.54. The van der Waals surface area contributed by atoms with Gasteiger partial charge >= 0.3 is 12.1 Å². The normalized spacial score (nSPS) is 11.3. The predicted molar refractivity (Wildman–Crippen MR) is 59.9 cm³/mol. The molecule has 0 unspecified atom stereocenters. The highest BCUT2D eigenvalue weighted by molar-refractivity contribution is 14.1. The SMILES string of the molecule is COC(=O)c1cc(C(F)(F)F)cc(N)c1I. The van der Waals surface area contributed by atoms with E-state index in [1.54, 1.807) is 22.6 Å². The van der Waals surface area contributed by atoms with Crippen LogP contribution in [0.3, 0.4) is 0 Å². The molecule has 3 nitrogen and oxygen atoms in total. The largest absolute Gasteiger partial charge is 0.465 e. The molecule has 0 saturated heterocycles. The Hall–Kier alpha value is -0.990. The van der Waals surface area contributed by atoms with E-state index in [1.165, 1.54) is 0 Å². The third-order valence-corrected chi connectivity index (χ3v) is 3.04. The number of anilines is 1. The molecular weight excluding hydrogens is 338 g/mol. The highest BCUT2D eigenvalue weighted by Crippen LogP contribution is 2.33. The summed E-state index contributed by atoms with van der Waals surface area (Å²) >= 11 is 1.70. The first kappa shape index (κ1) is 13.1. The summed E-state index contributed by atoms with van der Waals surface area (Å²) in [6.45, 7) is 0. The minimum Gasteiger partial charge on any atom is -0.465 e. The quantitative estimate of drug-likeness (QED) is 0.484. The molecule has 0 aromatic heterocycles. The molecule has 0 aliphatic heterocycles. The zero-order chi connectivity index (χ0) is 12.5. The summed E-state index contributed by atoms with van der Waals surface area (Å²) in [5.74, 6) is -0.845. The van der Waals surface area contributed by atoms with Gasteiger partial charge in [-0.15, -0.1) is 0 Å². The van der Waals surface area contributed by atoms with E-state index in [0.29, 0.717) is 0 Å². The fourth-order valence-electron chi connectivity index (χ4n) is 1.07. The van der Waals surface area contributed by atoms with E-state index in [1.807, 2.05) is 0 Å². The van der Waals surface area contributed by atoms with Crippen molar-refractivity contribution in [1.29, 1.82) is 0 Å². The monoisotopic (exact) mass is 345 g/mol. The number of methoxy groups -OCH3 is 1. The van der Waals surface area contributed by atoms with Crippen molar-refractivity contribution in [2.45, 2.75) is 6.18 Å². The lowest BCUT2D eigenvalue weighted by atomic mass is 10.1. The van der Waals surface area contributed by atoms with Gasteiger partial charge in [-0.2, -0.15) is 13.2 Å². The summed E-state index contributed by atoms with van der Waals surface area (Å²) in [5, 5.41) is 0. The van der Waals surface area contributed by atoms with Gasteiger partial charge in [-0.25, -0.2) is 4.79 Å². The molecule has 0 heterocycles. The van der Waals surface area contributed by atoms with Crippen molar-refractivity contribution >= 4 is 34.2 Å². The van der Waals surface area contributed by atoms with Gasteiger partial charge in [0.2, 0.25) is 0 Å². The third kappa shape index (κ3) is 2.57. The van der Waals surface area contributed by atoms with Crippen LogP contribution in [0.2, 0.25) is 0 Å². The van der Waals surface area contributed by atoms with Crippen molar-refractivity contribution < 1.29 is 22.7 Å². The molecule has 1 aromatic carbocycles. The Kier molecular flexibility index (Phi) is 3.66. The summed E-state index contributed by atoms with van der Waals surface area (Å²) in [7, 11) is 1.09. The van der Waals surface area contributed by atoms with Crippen LogP contribution in [0.15, 0.2) is 12.1 Å². The summed E-state index contributed by atoms with van der Waals surface area (Å²) in [4.78, 5) is 11.2. The molecular formula is C9H7F3INO2. The Morgan fingerprint density at radius 1 is 1.44 bits per heavy atom. The van der Waals surface area contributed by atoms with E-state index < -0.39 is 17.7 Å². The highest BCUT2D eigenvalue weighted by Gasteiger charge is 2.32. The number of hydrogen-bond acceptors (Lipinski definition) is 3. The zero-order valence-corrected chi connectivity index (χ0v) is 10.2. The van der Waals surface area contributed by atoms with E-state index in [4.69, 9.17) is 5.73 Å². The number of esters is 1. The number of ether oxygens (including phenoxy) is 1. The maximum atomic E-state index is 12.4. The number of benzene rings is 1. The van der Waals surface area contributed by atoms with Gasteiger partial charge in [-0.1, -0.05) is 0 Å². The first-order valence-corrected chi connectivity index (χ1v) is 5.09. The lowest BCUT2D eigenvalue weighted by Crippen LogP contribution is -2.12. The fraction of sp³-hybridized carbons (Fsp3) is 0.222. The Bertz CT molecular complexity index is 431. The Balaban J connectivity index is 3.39. The molecule has 1 rings (SSSR count). The number of hydrogen-bond donors (Lipinski definition) is 1. The van der Waals surface area contributed by atoms with Crippen molar-refractivity contribution in [2.24, 2.45) is 0 Å². The molecule has 1 aromatic rings. The molecule has 0 saturated carbocycles. The van der Waals surface area contributed by atoms with Crippen LogP contribution in [-0.4, -0.2) is 13.1 Å². The molecule has 0 spiro atoms. The van der Waals surface area contributed by atoms with Gasteiger partial charge in [0.25, 0.3) is 0 Å². The lowest BCUT2D eigenvalue weighted by molar-refractivity contribution is -0.137. The summed E-state index contributed by atoms with van der Waals surface area (Å²) < 4.78 is 41.9. The molecule has 16 heavy (non-hydrogen) atoms. The van der Waals surface area contributed by atoms with Gasteiger partial charge in [0.05, 0.1) is 21.8 Å². The molecule has 0 radical (unpaired) electrons. The molecule has 88 valence electrons. The average molecular weight is 345 g/mol. The van der Waals surface area contributed by atoms with E-state index in [0.717, 1.165) is 19.2 Å². The second kappa shape index (κ2) is 4.48. The van der Waals surface area contributed by atoms with Crippen molar-refractivity contribution in [3.05, 3.63) is 26.8 Å². The molecule has 0 bridgehead atoms. The molecule has 2 N–H and O–H groups in total. The number of nitrogen functional groups attached to an aromatic ring is 1. The van der Waals surface area contributed by atoms with Crippen LogP contribution < -0.4 is 5.73 Å². The van der Waals surface area contributed by atoms with Crippen LogP contribution in [0.4, 0.5) is 18.9 Å². The minimum atomic E-state index is -4.54. The van der Waals surface area contributed by atoms with Crippen LogP contribution in [0.5, 0.6) is 0 Å². The molecule has 0 aliphatic carbocycles. The van der Waals surface area contributed by atoms with E-state index in [9.17, 15) is 18.0 Å². The van der Waals surface area contributed by atoms with Crippen LogP contribution in [0, 0.1) is 3.57 Å². The van der Waals surface area contributed by atoms with Crippen LogP contribution >= 0.6 is 22.6 Å². The zero-order valence-electron chi connectivity index (χ0n) is 8.06. The molecule has 0 fully saturated rings. The van der Waals surface area contributed by atoms with Gasteiger partial charge < -0.3 is 10.5 Å². The summed E-state index contributed by atoms with van der Waals surface area (Å²) in [6, 6.07) is 1.51. The summed E-state index contributed by atoms with van der Waals surface area (Å²) in [5.41, 5.74) is 4.14. The Labute approximate surface area is 103 Å². The smallest absolute Gasteiger partial charge is 0.416 e. The first-order valence-electron chi connectivity index (χ1n) is 4.02. The molecule has 0 atom stereocenters. The maximum absolute atomic E-state index is 12.4. The molecule has 7 heteroatoms. The van der Waals surface area contributed by atoms with Crippen molar-refractivity contribution in [3.8, 4) is 0 Å². The van der Waals surface area contributed by atoms with Gasteiger partial charge in [0.1, 0.15) is 0 Å². The lowest BCUT2D eigenvalue weighted by Gasteiger charge is -2.11. The van der Waals surface area contributed by atoms with Gasteiger partial charge in [-0.3, -0.25) is 0 Å². The Morgan fingerprint density at radius 3 is 2.44 bits per heavy atom. The van der Waals surface area contributed by atoms with E-state index in [2.05, 4.69) is 4.74 Å². The number of carbonyl (C=O) groups is 1. The third-order valence-electron chi connectivity index (χ3n) is 1.83. The van der Waals surface area contributed by atoms with Gasteiger partial charge in [0, 0.05) is 5.69 Å². The van der Waals surface area contributed by atoms with Gasteiger partial charge in [0.15, 0.2) is 0 Å². The standard InChI is InChI=1S/C9H7F3INO2/c1-16-8(15)5-2-4(9(10,11)12)3-6(14)7(5)13/h2-3H,14H2,1H3. The number of alkyl halides is 3. The van der Waals surface area contributed by atoms with Crippen LogP contribution in [0.1, 0.15) is 15.9 Å². The number of rotatable bonds is 1. The van der Waals surface area contributed by atoms with Crippen molar-refractivity contribution in [3.63, 3.8) is 0 Å². The number of carbonyl (C=O) groups excluding carboxylic acids is 1. The molecule has 0 amide bonds. The van der Waals surface area contributed by atoms with Crippen LogP contribution in [-0.2, 0) is 10.9 Å². The average Bonchev–Trinajstić information content (AvgIpc) is 2.19. The number of halogens is 4.